The summed E-state index contributed by atoms with van der Waals surface area (Å²) in [6.07, 6.45) is 1.54. The Labute approximate surface area is 151 Å². The van der Waals surface area contributed by atoms with E-state index in [-0.39, 0.29) is 11.5 Å². The van der Waals surface area contributed by atoms with E-state index in [1.807, 2.05) is 18.2 Å². The van der Waals surface area contributed by atoms with Gasteiger partial charge in [0.1, 0.15) is 5.75 Å². The summed E-state index contributed by atoms with van der Waals surface area (Å²) in [6.45, 7) is 0.880. The number of aromatic carboxylic acids is 1. The van der Waals surface area contributed by atoms with Crippen molar-refractivity contribution in [3.8, 4) is 5.75 Å². The minimum absolute atomic E-state index is 0.0582. The van der Waals surface area contributed by atoms with Crippen molar-refractivity contribution >= 4 is 23.5 Å². The van der Waals surface area contributed by atoms with Gasteiger partial charge in [0.05, 0.1) is 17.2 Å². The van der Waals surface area contributed by atoms with Gasteiger partial charge in [-0.1, -0.05) is 35.9 Å². The van der Waals surface area contributed by atoms with Gasteiger partial charge in [0.15, 0.2) is 0 Å². The first-order chi connectivity index (χ1) is 12.1. The first-order valence-corrected chi connectivity index (χ1v) is 8.40. The average Bonchev–Trinajstić information content (AvgIpc) is 2.60. The Kier molecular flexibility index (Phi) is 7.29. The largest absolute Gasteiger partial charge is 0.492 e. The number of benzene rings is 2. The number of rotatable bonds is 9. The van der Waals surface area contributed by atoms with Crippen LogP contribution in [0.15, 0.2) is 48.5 Å². The van der Waals surface area contributed by atoms with E-state index < -0.39 is 5.97 Å². The highest BCUT2D eigenvalue weighted by Gasteiger charge is 2.05. The predicted octanol–water partition coefficient (Wildman–Crippen LogP) is 3.56. The maximum Gasteiger partial charge on any atom is 0.335 e. The normalized spacial score (nSPS) is 10.3. The van der Waals surface area contributed by atoms with E-state index in [0.717, 1.165) is 5.56 Å². The van der Waals surface area contributed by atoms with Crippen molar-refractivity contribution in [3.05, 3.63) is 64.7 Å². The van der Waals surface area contributed by atoms with Crippen LogP contribution in [0.2, 0.25) is 5.02 Å². The second-order valence-corrected chi connectivity index (χ2v) is 5.90. The molecule has 2 aromatic carbocycles. The number of carbonyl (C=O) groups is 2. The Morgan fingerprint density at radius 1 is 1.12 bits per heavy atom. The molecule has 5 nitrogen and oxygen atoms in total. The van der Waals surface area contributed by atoms with Gasteiger partial charge in [-0.15, -0.1) is 0 Å². The molecule has 0 saturated carbocycles. The molecule has 2 rings (SSSR count). The second kappa shape index (κ2) is 9.69. The van der Waals surface area contributed by atoms with Crippen LogP contribution in [0.5, 0.6) is 5.75 Å². The van der Waals surface area contributed by atoms with E-state index in [9.17, 15) is 9.59 Å². The van der Waals surface area contributed by atoms with Crippen molar-refractivity contribution in [3.63, 3.8) is 0 Å². The van der Waals surface area contributed by atoms with Gasteiger partial charge >= 0.3 is 5.97 Å². The number of amides is 1. The van der Waals surface area contributed by atoms with E-state index in [1.165, 1.54) is 0 Å². The maximum atomic E-state index is 11.8. The van der Waals surface area contributed by atoms with Gasteiger partial charge in [0, 0.05) is 13.0 Å². The summed E-state index contributed by atoms with van der Waals surface area (Å²) < 4.78 is 5.53. The molecule has 0 aliphatic rings. The lowest BCUT2D eigenvalue weighted by Gasteiger charge is -2.08. The Balaban J connectivity index is 1.63. The number of hydrogen-bond donors (Lipinski definition) is 2. The van der Waals surface area contributed by atoms with Crippen LogP contribution in [-0.2, 0) is 11.2 Å². The first-order valence-electron chi connectivity index (χ1n) is 8.02. The number of nitrogens with one attached hydrogen (secondary N) is 1. The Morgan fingerprint density at radius 2 is 1.92 bits per heavy atom. The van der Waals surface area contributed by atoms with Crippen LogP contribution in [-0.4, -0.2) is 30.1 Å². The van der Waals surface area contributed by atoms with Crippen molar-refractivity contribution in [2.45, 2.75) is 19.3 Å². The molecule has 1 amide bonds. The summed E-state index contributed by atoms with van der Waals surface area (Å²) in [5.41, 5.74) is 1.13. The van der Waals surface area contributed by atoms with E-state index in [1.54, 1.807) is 30.3 Å². The molecule has 25 heavy (non-hydrogen) atoms. The van der Waals surface area contributed by atoms with Crippen molar-refractivity contribution in [2.75, 3.05) is 13.2 Å². The number of carboxylic acid groups (broad SMARTS) is 1. The zero-order valence-electron chi connectivity index (χ0n) is 13.7. The summed E-state index contributed by atoms with van der Waals surface area (Å²) in [6, 6.07) is 13.9. The molecular weight excluding hydrogens is 342 g/mol. The predicted molar refractivity (Wildman–Crippen MR) is 96.3 cm³/mol. The van der Waals surface area contributed by atoms with Gasteiger partial charge in [-0.3, -0.25) is 4.79 Å². The topological polar surface area (TPSA) is 75.6 Å². The van der Waals surface area contributed by atoms with Crippen LogP contribution in [0, 0.1) is 0 Å². The number of para-hydroxylation sites is 1. The SMILES string of the molecule is O=C(CCCOc1ccccc1Cl)NCCc1cccc(C(=O)O)c1. The fourth-order valence-corrected chi connectivity index (χ4v) is 2.46. The van der Waals surface area contributed by atoms with Gasteiger partial charge in [-0.2, -0.15) is 0 Å². The average molecular weight is 362 g/mol. The molecule has 0 aliphatic carbocycles. The van der Waals surface area contributed by atoms with Crippen LogP contribution in [0.25, 0.3) is 0 Å². The third-order valence-electron chi connectivity index (χ3n) is 3.55. The fraction of sp³-hybridized carbons (Fsp3) is 0.263. The number of carbonyl (C=O) groups excluding carboxylic acids is 1. The lowest BCUT2D eigenvalue weighted by Crippen LogP contribution is -2.25. The van der Waals surface area contributed by atoms with Crippen LogP contribution in [0.1, 0.15) is 28.8 Å². The van der Waals surface area contributed by atoms with Gasteiger partial charge < -0.3 is 15.2 Å². The zero-order chi connectivity index (χ0) is 18.1. The Bertz CT molecular complexity index is 733. The van der Waals surface area contributed by atoms with Crippen molar-refractivity contribution < 1.29 is 19.4 Å². The van der Waals surface area contributed by atoms with Crippen LogP contribution in [0.4, 0.5) is 0 Å². The number of ether oxygens (including phenoxy) is 1. The molecule has 0 bridgehead atoms. The molecule has 0 unspecified atom stereocenters. The molecule has 0 saturated heterocycles. The summed E-state index contributed by atoms with van der Waals surface area (Å²) in [5, 5.41) is 12.3. The highest BCUT2D eigenvalue weighted by atomic mass is 35.5. The molecule has 0 aliphatic heterocycles. The van der Waals surface area contributed by atoms with Crippen molar-refractivity contribution in [2.24, 2.45) is 0 Å². The number of carboxylic acids is 1. The fourth-order valence-electron chi connectivity index (χ4n) is 2.27. The third-order valence-corrected chi connectivity index (χ3v) is 3.86. The quantitative estimate of drug-likeness (QED) is 0.670. The molecule has 0 spiro atoms. The van der Waals surface area contributed by atoms with Crippen LogP contribution < -0.4 is 10.1 Å². The molecule has 0 fully saturated rings. The molecular formula is C19H20ClNO4. The highest BCUT2D eigenvalue weighted by molar-refractivity contribution is 6.32. The molecule has 0 heterocycles. The molecule has 0 aromatic heterocycles. The van der Waals surface area contributed by atoms with Crippen LogP contribution in [0.3, 0.4) is 0 Å². The molecule has 132 valence electrons. The summed E-state index contributed by atoms with van der Waals surface area (Å²) in [7, 11) is 0. The van der Waals surface area contributed by atoms with E-state index in [0.29, 0.717) is 43.2 Å². The summed E-state index contributed by atoms with van der Waals surface area (Å²) in [4.78, 5) is 22.7. The molecule has 6 heteroatoms. The minimum Gasteiger partial charge on any atom is -0.492 e. The maximum absolute atomic E-state index is 11.8. The van der Waals surface area contributed by atoms with Crippen molar-refractivity contribution in [1.29, 1.82) is 0 Å². The van der Waals surface area contributed by atoms with E-state index in [4.69, 9.17) is 21.4 Å². The van der Waals surface area contributed by atoms with Crippen molar-refractivity contribution in [1.82, 2.24) is 5.32 Å². The number of halogens is 1. The summed E-state index contributed by atoms with van der Waals surface area (Å²) in [5.74, 6) is -0.399. The Morgan fingerprint density at radius 3 is 2.68 bits per heavy atom. The van der Waals surface area contributed by atoms with E-state index >= 15 is 0 Å². The lowest BCUT2D eigenvalue weighted by atomic mass is 10.1. The molecule has 2 N–H and O–H groups in total. The Hall–Kier alpha value is -2.53. The van der Waals surface area contributed by atoms with Gasteiger partial charge in [0.25, 0.3) is 0 Å². The highest BCUT2D eigenvalue weighted by Crippen LogP contribution is 2.23. The summed E-state index contributed by atoms with van der Waals surface area (Å²) >= 11 is 5.98. The monoisotopic (exact) mass is 361 g/mol. The van der Waals surface area contributed by atoms with Gasteiger partial charge in [0.2, 0.25) is 5.91 Å². The third kappa shape index (κ3) is 6.47. The number of hydrogen-bond acceptors (Lipinski definition) is 3. The standard InChI is InChI=1S/C19H20ClNO4/c20-16-7-1-2-8-17(16)25-12-4-9-18(22)21-11-10-14-5-3-6-15(13-14)19(23)24/h1-3,5-8,13H,4,9-12H2,(H,21,22)(H,23,24). The van der Waals surface area contributed by atoms with Gasteiger partial charge in [-0.25, -0.2) is 4.79 Å². The smallest absolute Gasteiger partial charge is 0.335 e. The van der Waals surface area contributed by atoms with E-state index in [2.05, 4.69) is 5.32 Å². The first kappa shape index (κ1) is 18.8. The minimum atomic E-state index is -0.954. The molecule has 0 radical (unpaired) electrons. The van der Waals surface area contributed by atoms with Gasteiger partial charge in [-0.05, 0) is 42.7 Å². The lowest BCUT2D eigenvalue weighted by molar-refractivity contribution is -0.121. The molecule has 0 atom stereocenters. The van der Waals surface area contributed by atoms with Crippen LogP contribution >= 0.6 is 11.6 Å². The second-order valence-electron chi connectivity index (χ2n) is 5.49. The zero-order valence-corrected chi connectivity index (χ0v) is 14.5. The molecule has 2 aromatic rings.